The minimum absolute atomic E-state index is 0.153. The van der Waals surface area contributed by atoms with E-state index in [1.165, 1.54) is 12.1 Å². The third-order valence-electron chi connectivity index (χ3n) is 4.16. The predicted octanol–water partition coefficient (Wildman–Crippen LogP) is 2.69. The van der Waals surface area contributed by atoms with Crippen molar-refractivity contribution in [3.8, 4) is 5.75 Å². The molecule has 126 valence electrons. The molecule has 2 aromatic rings. The van der Waals surface area contributed by atoms with E-state index in [1.807, 2.05) is 18.2 Å². The molecule has 1 amide bonds. The maximum Gasteiger partial charge on any atom is 0.258 e. The van der Waals surface area contributed by atoms with Crippen LogP contribution in [0.2, 0.25) is 0 Å². The van der Waals surface area contributed by atoms with Gasteiger partial charge in [0.05, 0.1) is 12.0 Å². The Bertz CT molecular complexity index is 890. The highest BCUT2D eigenvalue weighted by atomic mass is 32.2. The van der Waals surface area contributed by atoms with Gasteiger partial charge in [-0.15, -0.1) is 0 Å². The monoisotopic (exact) mass is 345 g/mol. The van der Waals surface area contributed by atoms with Crippen LogP contribution >= 0.6 is 0 Å². The van der Waals surface area contributed by atoms with Crippen LogP contribution in [0, 0.1) is 0 Å². The SMILES string of the molecule is COc1ccc2c(c1)CCCN2C(=O)c1cccc(S(C)(=O)=O)c1. The van der Waals surface area contributed by atoms with Gasteiger partial charge < -0.3 is 9.64 Å². The number of carbonyl (C=O) groups is 1. The smallest absolute Gasteiger partial charge is 0.258 e. The zero-order valence-electron chi connectivity index (χ0n) is 13.7. The van der Waals surface area contributed by atoms with Crippen molar-refractivity contribution in [3.63, 3.8) is 0 Å². The Labute approximate surface area is 141 Å². The molecule has 2 aromatic carbocycles. The van der Waals surface area contributed by atoms with Crippen molar-refractivity contribution < 1.29 is 17.9 Å². The Kier molecular flexibility index (Phi) is 4.32. The quantitative estimate of drug-likeness (QED) is 0.858. The number of carbonyl (C=O) groups excluding carboxylic acids is 1. The highest BCUT2D eigenvalue weighted by Gasteiger charge is 2.24. The van der Waals surface area contributed by atoms with Gasteiger partial charge in [0.2, 0.25) is 0 Å². The molecule has 1 aliphatic rings. The van der Waals surface area contributed by atoms with Gasteiger partial charge in [0.15, 0.2) is 9.84 Å². The summed E-state index contributed by atoms with van der Waals surface area (Å²) in [5.41, 5.74) is 2.30. The van der Waals surface area contributed by atoms with E-state index in [-0.39, 0.29) is 10.8 Å². The number of rotatable bonds is 3. The Morgan fingerprint density at radius 1 is 1.17 bits per heavy atom. The summed E-state index contributed by atoms with van der Waals surface area (Å²) < 4.78 is 28.7. The molecule has 24 heavy (non-hydrogen) atoms. The molecule has 0 saturated heterocycles. The number of amides is 1. The lowest BCUT2D eigenvalue weighted by molar-refractivity contribution is 0.0985. The number of anilines is 1. The average Bonchev–Trinajstić information content (AvgIpc) is 2.59. The van der Waals surface area contributed by atoms with Crippen LogP contribution in [0.5, 0.6) is 5.75 Å². The molecule has 0 unspecified atom stereocenters. The summed E-state index contributed by atoms with van der Waals surface area (Å²) in [6, 6.07) is 11.8. The second-order valence-electron chi connectivity index (χ2n) is 5.85. The number of nitrogens with zero attached hydrogens (tertiary/aromatic N) is 1. The Morgan fingerprint density at radius 2 is 1.96 bits per heavy atom. The number of hydrogen-bond donors (Lipinski definition) is 0. The molecule has 0 aromatic heterocycles. The molecule has 6 heteroatoms. The maximum atomic E-state index is 12.9. The molecule has 0 saturated carbocycles. The van der Waals surface area contributed by atoms with Gasteiger partial charge in [0, 0.05) is 24.1 Å². The molecule has 5 nitrogen and oxygen atoms in total. The number of methoxy groups -OCH3 is 1. The lowest BCUT2D eigenvalue weighted by Crippen LogP contribution is -2.35. The maximum absolute atomic E-state index is 12.9. The zero-order chi connectivity index (χ0) is 17.3. The largest absolute Gasteiger partial charge is 0.497 e. The van der Waals surface area contributed by atoms with E-state index in [2.05, 4.69) is 0 Å². The van der Waals surface area contributed by atoms with Crippen LogP contribution in [-0.2, 0) is 16.3 Å². The lowest BCUT2D eigenvalue weighted by Gasteiger charge is -2.30. The highest BCUT2D eigenvalue weighted by molar-refractivity contribution is 7.90. The summed E-state index contributed by atoms with van der Waals surface area (Å²) in [4.78, 5) is 14.8. The minimum atomic E-state index is -3.35. The summed E-state index contributed by atoms with van der Waals surface area (Å²) in [6.45, 7) is 0.612. The van der Waals surface area contributed by atoms with E-state index in [9.17, 15) is 13.2 Å². The second kappa shape index (κ2) is 6.28. The van der Waals surface area contributed by atoms with E-state index < -0.39 is 9.84 Å². The molecular formula is C18H19NO4S. The molecule has 0 radical (unpaired) electrons. The normalized spacial score (nSPS) is 14.2. The highest BCUT2D eigenvalue weighted by Crippen LogP contribution is 2.31. The first-order valence-electron chi connectivity index (χ1n) is 7.69. The molecule has 0 fully saturated rings. The van der Waals surface area contributed by atoms with Crippen molar-refractivity contribution in [2.24, 2.45) is 0 Å². The van der Waals surface area contributed by atoms with Crippen molar-refractivity contribution in [1.82, 2.24) is 0 Å². The van der Waals surface area contributed by atoms with Crippen LogP contribution in [0.4, 0.5) is 5.69 Å². The zero-order valence-corrected chi connectivity index (χ0v) is 14.5. The molecule has 0 spiro atoms. The fourth-order valence-electron chi connectivity index (χ4n) is 2.93. The number of ether oxygens (including phenoxy) is 1. The molecule has 0 N–H and O–H groups in total. The minimum Gasteiger partial charge on any atom is -0.497 e. The molecule has 0 aliphatic carbocycles. The van der Waals surface area contributed by atoms with Crippen LogP contribution in [0.25, 0.3) is 0 Å². The van der Waals surface area contributed by atoms with E-state index in [0.29, 0.717) is 12.1 Å². The summed E-state index contributed by atoms with van der Waals surface area (Å²) in [5, 5.41) is 0. The second-order valence-corrected chi connectivity index (χ2v) is 7.87. The van der Waals surface area contributed by atoms with E-state index in [4.69, 9.17) is 4.74 Å². The first kappa shape index (κ1) is 16.5. The molecule has 0 bridgehead atoms. The Balaban J connectivity index is 1.98. The molecule has 1 heterocycles. The van der Waals surface area contributed by atoms with Crippen LogP contribution in [0.15, 0.2) is 47.4 Å². The number of fused-ring (bicyclic) bond motifs is 1. The first-order chi connectivity index (χ1) is 11.4. The van der Waals surface area contributed by atoms with Crippen molar-refractivity contribution in [3.05, 3.63) is 53.6 Å². The summed E-state index contributed by atoms with van der Waals surface area (Å²) in [7, 11) is -1.73. The summed E-state index contributed by atoms with van der Waals surface area (Å²) >= 11 is 0. The molecule has 0 atom stereocenters. The molecule has 3 rings (SSSR count). The Morgan fingerprint density at radius 3 is 2.67 bits per heavy atom. The van der Waals surface area contributed by atoms with E-state index in [1.54, 1.807) is 24.1 Å². The van der Waals surface area contributed by atoms with Gasteiger partial charge >= 0.3 is 0 Å². The fraction of sp³-hybridized carbons (Fsp3) is 0.278. The standard InChI is InChI=1S/C18H19NO4S/c1-23-15-8-9-17-13(11-15)6-4-10-19(17)18(20)14-5-3-7-16(12-14)24(2,21)22/h3,5,7-9,11-12H,4,6,10H2,1-2H3. The third-order valence-corrected chi connectivity index (χ3v) is 5.27. The molecule has 1 aliphatic heterocycles. The average molecular weight is 345 g/mol. The number of benzene rings is 2. The van der Waals surface area contributed by atoms with Crippen LogP contribution in [0.1, 0.15) is 22.3 Å². The van der Waals surface area contributed by atoms with E-state index >= 15 is 0 Å². The van der Waals surface area contributed by atoms with Gasteiger partial charge in [0.25, 0.3) is 5.91 Å². The van der Waals surface area contributed by atoms with E-state index in [0.717, 1.165) is 36.1 Å². The van der Waals surface area contributed by atoms with Crippen molar-refractivity contribution in [2.45, 2.75) is 17.7 Å². The lowest BCUT2D eigenvalue weighted by atomic mass is 10.0. The fourth-order valence-corrected chi connectivity index (χ4v) is 3.59. The van der Waals surface area contributed by atoms with Gasteiger partial charge in [0.1, 0.15) is 5.75 Å². The summed E-state index contributed by atoms with van der Waals surface area (Å²) in [6.07, 6.45) is 2.89. The van der Waals surface area contributed by atoms with Gasteiger partial charge in [-0.05, 0) is 54.8 Å². The third kappa shape index (κ3) is 3.14. The van der Waals surface area contributed by atoms with Gasteiger partial charge in [-0.25, -0.2) is 8.42 Å². The predicted molar refractivity (Wildman–Crippen MR) is 92.5 cm³/mol. The Hall–Kier alpha value is -2.34. The van der Waals surface area contributed by atoms with Crippen molar-refractivity contribution >= 4 is 21.4 Å². The summed E-state index contributed by atoms with van der Waals surface area (Å²) in [5.74, 6) is 0.578. The number of sulfone groups is 1. The molecular weight excluding hydrogens is 326 g/mol. The van der Waals surface area contributed by atoms with Crippen molar-refractivity contribution in [1.29, 1.82) is 0 Å². The number of hydrogen-bond acceptors (Lipinski definition) is 4. The van der Waals surface area contributed by atoms with Crippen molar-refractivity contribution in [2.75, 3.05) is 24.8 Å². The first-order valence-corrected chi connectivity index (χ1v) is 9.58. The number of aryl methyl sites for hydroxylation is 1. The van der Waals surface area contributed by atoms with Crippen LogP contribution < -0.4 is 9.64 Å². The van der Waals surface area contributed by atoms with Crippen LogP contribution in [-0.4, -0.2) is 34.2 Å². The van der Waals surface area contributed by atoms with Gasteiger partial charge in [-0.2, -0.15) is 0 Å². The van der Waals surface area contributed by atoms with Gasteiger partial charge in [-0.1, -0.05) is 6.07 Å². The van der Waals surface area contributed by atoms with Crippen LogP contribution in [0.3, 0.4) is 0 Å². The topological polar surface area (TPSA) is 63.7 Å². The van der Waals surface area contributed by atoms with Gasteiger partial charge in [-0.3, -0.25) is 4.79 Å².